The SMILES string of the molecule is Clc1ccc(N=Cc2ccc(OCc3ccccc3)cc2)nc1. The van der Waals surface area contributed by atoms with Crippen molar-refractivity contribution in [2.75, 3.05) is 0 Å². The Bertz CT molecular complexity index is 769. The molecule has 0 spiro atoms. The van der Waals surface area contributed by atoms with Crippen molar-refractivity contribution in [1.82, 2.24) is 4.98 Å². The van der Waals surface area contributed by atoms with E-state index in [0.29, 0.717) is 17.4 Å². The lowest BCUT2D eigenvalue weighted by molar-refractivity contribution is 0.306. The molecule has 0 aliphatic carbocycles. The van der Waals surface area contributed by atoms with E-state index in [2.05, 4.69) is 9.98 Å². The fourth-order valence-electron chi connectivity index (χ4n) is 1.98. The van der Waals surface area contributed by atoms with Crippen LogP contribution in [0.3, 0.4) is 0 Å². The molecular weight excluding hydrogens is 308 g/mol. The van der Waals surface area contributed by atoms with Crippen LogP contribution in [-0.4, -0.2) is 11.2 Å². The van der Waals surface area contributed by atoms with E-state index in [9.17, 15) is 0 Å². The summed E-state index contributed by atoms with van der Waals surface area (Å²) >= 11 is 5.79. The minimum atomic E-state index is 0.559. The molecule has 3 aromatic rings. The third-order valence-corrected chi connectivity index (χ3v) is 3.41. The maximum Gasteiger partial charge on any atom is 0.151 e. The van der Waals surface area contributed by atoms with E-state index in [-0.39, 0.29) is 0 Å². The second-order valence-corrected chi connectivity index (χ2v) is 5.37. The predicted octanol–water partition coefficient (Wildman–Crippen LogP) is 5.06. The number of hydrogen-bond acceptors (Lipinski definition) is 3. The molecule has 114 valence electrons. The number of pyridine rings is 1. The van der Waals surface area contributed by atoms with E-state index in [1.54, 1.807) is 24.5 Å². The Morgan fingerprint density at radius 2 is 1.74 bits per heavy atom. The van der Waals surface area contributed by atoms with Crippen molar-refractivity contribution in [1.29, 1.82) is 0 Å². The summed E-state index contributed by atoms with van der Waals surface area (Å²) in [5.74, 6) is 1.45. The monoisotopic (exact) mass is 322 g/mol. The molecule has 0 aliphatic rings. The van der Waals surface area contributed by atoms with Crippen LogP contribution in [0.4, 0.5) is 5.82 Å². The highest BCUT2D eigenvalue weighted by molar-refractivity contribution is 6.30. The highest BCUT2D eigenvalue weighted by Gasteiger charge is 1.96. The third-order valence-electron chi connectivity index (χ3n) is 3.19. The van der Waals surface area contributed by atoms with Gasteiger partial charge in [-0.15, -0.1) is 0 Å². The smallest absolute Gasteiger partial charge is 0.151 e. The first-order valence-electron chi connectivity index (χ1n) is 7.22. The van der Waals surface area contributed by atoms with Crippen LogP contribution >= 0.6 is 11.6 Å². The first kappa shape index (κ1) is 15.3. The van der Waals surface area contributed by atoms with Crippen molar-refractivity contribution in [2.45, 2.75) is 6.61 Å². The average molecular weight is 323 g/mol. The van der Waals surface area contributed by atoms with Gasteiger partial charge < -0.3 is 4.74 Å². The normalized spacial score (nSPS) is 10.8. The molecule has 0 unspecified atom stereocenters. The number of halogens is 1. The second-order valence-electron chi connectivity index (χ2n) is 4.94. The van der Waals surface area contributed by atoms with Crippen molar-refractivity contribution in [3.8, 4) is 5.75 Å². The quantitative estimate of drug-likeness (QED) is 0.615. The molecule has 0 bridgehead atoms. The molecular formula is C19H15ClN2O. The maximum atomic E-state index is 5.79. The minimum Gasteiger partial charge on any atom is -0.489 e. The molecule has 0 saturated carbocycles. The van der Waals surface area contributed by atoms with Gasteiger partial charge in [-0.3, -0.25) is 0 Å². The summed E-state index contributed by atoms with van der Waals surface area (Å²) in [6.07, 6.45) is 3.34. The van der Waals surface area contributed by atoms with Crippen LogP contribution in [-0.2, 0) is 6.61 Å². The topological polar surface area (TPSA) is 34.5 Å². The Kier molecular flexibility index (Phi) is 5.02. The van der Waals surface area contributed by atoms with Gasteiger partial charge in [0, 0.05) is 12.4 Å². The lowest BCUT2D eigenvalue weighted by Gasteiger charge is -2.06. The standard InChI is InChI=1S/C19H15ClN2O/c20-17-8-11-19(22-13-17)21-12-15-6-9-18(10-7-15)23-14-16-4-2-1-3-5-16/h1-13H,14H2. The first-order chi connectivity index (χ1) is 11.3. The van der Waals surface area contributed by atoms with Gasteiger partial charge >= 0.3 is 0 Å². The zero-order valence-corrected chi connectivity index (χ0v) is 13.1. The molecule has 3 nitrogen and oxygen atoms in total. The minimum absolute atomic E-state index is 0.559. The zero-order chi connectivity index (χ0) is 15.9. The average Bonchev–Trinajstić information content (AvgIpc) is 2.61. The van der Waals surface area contributed by atoms with E-state index in [1.165, 1.54) is 0 Å². The van der Waals surface area contributed by atoms with Crippen LogP contribution < -0.4 is 4.74 Å². The van der Waals surface area contributed by atoms with Crippen LogP contribution in [0.5, 0.6) is 5.75 Å². The van der Waals surface area contributed by atoms with Gasteiger partial charge in [0.05, 0.1) is 5.02 Å². The van der Waals surface area contributed by atoms with E-state index < -0.39 is 0 Å². The van der Waals surface area contributed by atoms with Crippen LogP contribution in [0.2, 0.25) is 5.02 Å². The molecule has 4 heteroatoms. The molecule has 0 amide bonds. The van der Waals surface area contributed by atoms with Gasteiger partial charge in [-0.2, -0.15) is 0 Å². The van der Waals surface area contributed by atoms with Crippen LogP contribution in [0.25, 0.3) is 0 Å². The van der Waals surface area contributed by atoms with Crippen molar-refractivity contribution in [3.05, 3.63) is 89.1 Å². The van der Waals surface area contributed by atoms with Gasteiger partial charge in [0.2, 0.25) is 0 Å². The molecule has 3 rings (SSSR count). The van der Waals surface area contributed by atoms with Crippen molar-refractivity contribution < 1.29 is 4.74 Å². The molecule has 23 heavy (non-hydrogen) atoms. The third kappa shape index (κ3) is 4.66. The summed E-state index contributed by atoms with van der Waals surface area (Å²) in [7, 11) is 0. The van der Waals surface area contributed by atoms with E-state index in [0.717, 1.165) is 16.9 Å². The fraction of sp³-hybridized carbons (Fsp3) is 0.0526. The highest BCUT2D eigenvalue weighted by Crippen LogP contribution is 2.15. The molecule has 2 aromatic carbocycles. The molecule has 1 aromatic heterocycles. The number of aromatic nitrogens is 1. The number of aliphatic imine (C=N–C) groups is 1. The van der Waals surface area contributed by atoms with Gasteiger partial charge in [0.25, 0.3) is 0 Å². The molecule has 0 fully saturated rings. The number of ether oxygens (including phenoxy) is 1. The lowest BCUT2D eigenvalue weighted by Crippen LogP contribution is -1.95. The summed E-state index contributed by atoms with van der Waals surface area (Å²) < 4.78 is 5.75. The van der Waals surface area contributed by atoms with Gasteiger partial charge in [0.15, 0.2) is 5.82 Å². The predicted molar refractivity (Wildman–Crippen MR) is 93.7 cm³/mol. The first-order valence-corrected chi connectivity index (χ1v) is 7.60. The van der Waals surface area contributed by atoms with Gasteiger partial charge in [0.1, 0.15) is 12.4 Å². The summed E-state index contributed by atoms with van der Waals surface area (Å²) in [5, 5.41) is 0.601. The van der Waals surface area contributed by atoms with E-state index >= 15 is 0 Å². The highest BCUT2D eigenvalue weighted by atomic mass is 35.5. The van der Waals surface area contributed by atoms with Crippen LogP contribution in [0, 0.1) is 0 Å². The Morgan fingerprint density at radius 1 is 0.957 bits per heavy atom. The van der Waals surface area contributed by atoms with Crippen LogP contribution in [0.15, 0.2) is 77.9 Å². The van der Waals surface area contributed by atoms with Crippen LogP contribution in [0.1, 0.15) is 11.1 Å². The molecule has 0 N–H and O–H groups in total. The second kappa shape index (κ2) is 7.56. The number of nitrogens with zero attached hydrogens (tertiary/aromatic N) is 2. The van der Waals surface area contributed by atoms with Crippen molar-refractivity contribution in [2.24, 2.45) is 4.99 Å². The number of rotatable bonds is 5. The molecule has 0 aliphatic heterocycles. The van der Waals surface area contributed by atoms with Crippen molar-refractivity contribution >= 4 is 23.6 Å². The molecule has 0 saturated heterocycles. The number of hydrogen-bond donors (Lipinski definition) is 0. The Morgan fingerprint density at radius 3 is 2.43 bits per heavy atom. The van der Waals surface area contributed by atoms with Gasteiger partial charge in [-0.25, -0.2) is 9.98 Å². The summed E-state index contributed by atoms with van der Waals surface area (Å²) in [6.45, 7) is 0.559. The Hall–Kier alpha value is -2.65. The summed E-state index contributed by atoms with van der Waals surface area (Å²) in [6, 6.07) is 21.4. The molecule has 1 heterocycles. The Balaban J connectivity index is 1.59. The largest absolute Gasteiger partial charge is 0.489 e. The maximum absolute atomic E-state index is 5.79. The fourth-order valence-corrected chi connectivity index (χ4v) is 2.09. The summed E-state index contributed by atoms with van der Waals surface area (Å²) in [4.78, 5) is 8.42. The van der Waals surface area contributed by atoms with Gasteiger partial charge in [-0.05, 0) is 47.5 Å². The zero-order valence-electron chi connectivity index (χ0n) is 12.4. The summed E-state index contributed by atoms with van der Waals surface area (Å²) in [5.41, 5.74) is 2.13. The molecule has 0 radical (unpaired) electrons. The van der Waals surface area contributed by atoms with Gasteiger partial charge in [-0.1, -0.05) is 41.9 Å². The van der Waals surface area contributed by atoms with E-state index in [1.807, 2.05) is 54.6 Å². The molecule has 0 atom stereocenters. The Labute approximate surface area is 140 Å². The van der Waals surface area contributed by atoms with Crippen molar-refractivity contribution in [3.63, 3.8) is 0 Å². The lowest BCUT2D eigenvalue weighted by atomic mass is 10.2. The van der Waals surface area contributed by atoms with E-state index in [4.69, 9.17) is 16.3 Å². The number of benzene rings is 2.